The van der Waals surface area contributed by atoms with Crippen LogP contribution < -0.4 is 28.9 Å². The van der Waals surface area contributed by atoms with E-state index in [1.165, 1.54) is 24.3 Å². The summed E-state index contributed by atoms with van der Waals surface area (Å²) >= 11 is 0. The maximum atomic E-state index is 12.9. The SMILES string of the molecule is O=C(c1ccccc1)C(Oc1ccc(PC(F)(F)F)cc1)c1ccccc1.[H-].[Li+]. The average molecular weight is 396 g/mol. The van der Waals surface area contributed by atoms with Crippen LogP contribution in [0.1, 0.15) is 23.5 Å². The average Bonchev–Trinajstić information content (AvgIpc) is 2.67. The molecule has 0 aliphatic rings. The summed E-state index contributed by atoms with van der Waals surface area (Å²) in [5.41, 5.74) is 1.18. The van der Waals surface area contributed by atoms with Gasteiger partial charge in [0.15, 0.2) is 6.10 Å². The van der Waals surface area contributed by atoms with E-state index in [4.69, 9.17) is 4.74 Å². The molecule has 3 aromatic carbocycles. The van der Waals surface area contributed by atoms with Crippen LogP contribution in [0.25, 0.3) is 0 Å². The predicted molar refractivity (Wildman–Crippen MR) is 102 cm³/mol. The van der Waals surface area contributed by atoms with Crippen LogP contribution in [-0.2, 0) is 0 Å². The van der Waals surface area contributed by atoms with Crippen molar-refractivity contribution in [2.45, 2.75) is 12.0 Å². The summed E-state index contributed by atoms with van der Waals surface area (Å²) in [7, 11) is -1.27. The number of Topliss-reactive ketones (excluding diaryl/α,β-unsaturated/α-hetero) is 1. The van der Waals surface area contributed by atoms with Crippen molar-refractivity contribution in [2.24, 2.45) is 0 Å². The van der Waals surface area contributed by atoms with Gasteiger partial charge in [0.25, 0.3) is 0 Å². The maximum Gasteiger partial charge on any atom is 1.00 e. The van der Waals surface area contributed by atoms with Crippen molar-refractivity contribution in [3.05, 3.63) is 96.1 Å². The number of alkyl halides is 3. The van der Waals surface area contributed by atoms with Gasteiger partial charge in [0.2, 0.25) is 5.78 Å². The molecule has 0 heterocycles. The minimum absolute atomic E-state index is 0. The second-order valence-electron chi connectivity index (χ2n) is 5.79. The zero-order valence-corrected chi connectivity index (χ0v) is 16.1. The zero-order chi connectivity index (χ0) is 19.3. The van der Waals surface area contributed by atoms with Gasteiger partial charge in [-0.05, 0) is 17.4 Å². The molecule has 7 heteroatoms. The van der Waals surface area contributed by atoms with Gasteiger partial charge in [0, 0.05) is 19.7 Å². The van der Waals surface area contributed by atoms with Crippen molar-refractivity contribution in [3.63, 3.8) is 0 Å². The van der Waals surface area contributed by atoms with E-state index in [0.717, 1.165) is 0 Å². The summed E-state index contributed by atoms with van der Waals surface area (Å²) in [6.07, 6.45) is -0.885. The molecule has 0 saturated carbocycles. The maximum absolute atomic E-state index is 12.9. The molecule has 0 aliphatic carbocycles. The standard InChI is InChI=1S/C21H16F3O2P.Li.H/c22-21(23,24)27-18-13-11-17(12-14-18)26-20(16-9-5-2-6-10-16)19(25)15-7-3-1-4-8-15;;/h1-14,20,27H;;/q;+1;-1. The summed E-state index contributed by atoms with van der Waals surface area (Å²) in [5, 5.41) is 0.167. The minimum atomic E-state index is -4.24. The van der Waals surface area contributed by atoms with Crippen LogP contribution >= 0.6 is 8.58 Å². The van der Waals surface area contributed by atoms with Gasteiger partial charge >= 0.3 is 24.8 Å². The Labute approximate surface area is 176 Å². The normalized spacial score (nSPS) is 12.4. The molecule has 3 aromatic rings. The number of carbonyl (C=O) groups excluding carboxylic acids is 1. The largest absolute Gasteiger partial charge is 1.00 e. The molecule has 0 fully saturated rings. The van der Waals surface area contributed by atoms with E-state index < -0.39 is 20.6 Å². The Morgan fingerprint density at radius 1 is 0.857 bits per heavy atom. The molecule has 140 valence electrons. The first kappa shape index (κ1) is 22.2. The van der Waals surface area contributed by atoms with Gasteiger partial charge in [-0.25, -0.2) is 0 Å². The third-order valence-electron chi connectivity index (χ3n) is 3.79. The van der Waals surface area contributed by atoms with E-state index in [2.05, 4.69) is 0 Å². The number of carbonyl (C=O) groups is 1. The molecule has 3 rings (SSSR count). The van der Waals surface area contributed by atoms with Crippen LogP contribution in [0.15, 0.2) is 84.9 Å². The van der Waals surface area contributed by atoms with Crippen molar-refractivity contribution < 1.29 is 43.0 Å². The second kappa shape index (κ2) is 9.94. The Balaban J connectivity index is 0.00000210. The monoisotopic (exact) mass is 396 g/mol. The van der Waals surface area contributed by atoms with Crippen molar-refractivity contribution in [2.75, 3.05) is 0 Å². The summed E-state index contributed by atoms with van der Waals surface area (Å²) < 4.78 is 43.4. The quantitative estimate of drug-likeness (QED) is 0.364. The summed E-state index contributed by atoms with van der Waals surface area (Å²) in [6.45, 7) is 0. The van der Waals surface area contributed by atoms with Crippen LogP contribution in [0.3, 0.4) is 0 Å². The molecule has 0 spiro atoms. The van der Waals surface area contributed by atoms with Crippen molar-refractivity contribution in [1.29, 1.82) is 0 Å². The molecule has 2 unspecified atom stereocenters. The van der Waals surface area contributed by atoms with Gasteiger partial charge in [-0.3, -0.25) is 4.79 Å². The van der Waals surface area contributed by atoms with Gasteiger partial charge in [0.1, 0.15) is 5.75 Å². The molecule has 0 aromatic heterocycles. The molecule has 0 N–H and O–H groups in total. The molecular formula is C21H17F3LiO2P. The number of benzene rings is 3. The van der Waals surface area contributed by atoms with Crippen LogP contribution in [0.2, 0.25) is 0 Å². The second-order valence-corrected chi connectivity index (χ2v) is 7.18. The van der Waals surface area contributed by atoms with Gasteiger partial charge in [-0.1, -0.05) is 72.8 Å². The van der Waals surface area contributed by atoms with Crippen molar-refractivity contribution in [1.82, 2.24) is 0 Å². The van der Waals surface area contributed by atoms with Crippen LogP contribution in [0.4, 0.5) is 13.2 Å². The Morgan fingerprint density at radius 3 is 1.93 bits per heavy atom. The van der Waals surface area contributed by atoms with E-state index >= 15 is 0 Å². The van der Waals surface area contributed by atoms with Crippen LogP contribution in [-0.4, -0.2) is 11.7 Å². The molecule has 0 radical (unpaired) electrons. The fourth-order valence-corrected chi connectivity index (χ4v) is 3.23. The predicted octanol–water partition coefficient (Wildman–Crippen LogP) is 2.63. The molecule has 0 amide bonds. The van der Waals surface area contributed by atoms with E-state index in [-0.39, 0.29) is 31.4 Å². The summed E-state index contributed by atoms with van der Waals surface area (Å²) in [5.74, 6) is -4.12. The van der Waals surface area contributed by atoms with Crippen molar-refractivity contribution >= 4 is 19.7 Å². The molecule has 2 nitrogen and oxygen atoms in total. The number of hydrogen-bond acceptors (Lipinski definition) is 2. The number of ether oxygens (including phenoxy) is 1. The van der Waals surface area contributed by atoms with E-state index in [9.17, 15) is 18.0 Å². The van der Waals surface area contributed by atoms with Gasteiger partial charge in [0.05, 0.1) is 0 Å². The minimum Gasteiger partial charge on any atom is -1.00 e. The Morgan fingerprint density at radius 2 is 1.39 bits per heavy atom. The van der Waals surface area contributed by atoms with Crippen LogP contribution in [0.5, 0.6) is 5.75 Å². The number of rotatable bonds is 6. The topological polar surface area (TPSA) is 26.3 Å². The van der Waals surface area contributed by atoms with Gasteiger partial charge in [-0.15, -0.1) is 0 Å². The number of hydrogen-bond donors (Lipinski definition) is 0. The molecule has 0 saturated heterocycles. The summed E-state index contributed by atoms with van der Waals surface area (Å²) in [6, 6.07) is 23.4. The first-order valence-electron chi connectivity index (χ1n) is 8.18. The molecule has 2 atom stereocenters. The smallest absolute Gasteiger partial charge is 1.00 e. The van der Waals surface area contributed by atoms with Crippen LogP contribution in [0, 0.1) is 0 Å². The fraction of sp³-hybridized carbons (Fsp3) is 0.0952. The van der Waals surface area contributed by atoms with E-state index in [0.29, 0.717) is 16.9 Å². The molecule has 28 heavy (non-hydrogen) atoms. The summed E-state index contributed by atoms with van der Waals surface area (Å²) in [4.78, 5) is 12.9. The van der Waals surface area contributed by atoms with Gasteiger partial charge in [-0.2, -0.15) is 13.2 Å². The zero-order valence-electron chi connectivity index (χ0n) is 16.1. The number of halogens is 3. The third kappa shape index (κ3) is 6.24. The van der Waals surface area contributed by atoms with Crippen molar-refractivity contribution in [3.8, 4) is 5.75 Å². The van der Waals surface area contributed by atoms with Gasteiger partial charge < -0.3 is 6.16 Å². The Bertz CT molecular complexity index is 891. The van der Waals surface area contributed by atoms with E-state index in [1.54, 1.807) is 48.5 Å². The first-order valence-corrected chi connectivity index (χ1v) is 9.18. The Kier molecular flexibility index (Phi) is 7.89. The molecule has 0 bridgehead atoms. The Hall–Kier alpha value is -2.05. The first-order chi connectivity index (χ1) is 12.9. The third-order valence-corrected chi connectivity index (χ3v) is 4.70. The molecular weight excluding hydrogens is 379 g/mol. The van der Waals surface area contributed by atoms with E-state index in [1.807, 2.05) is 12.1 Å². The fourth-order valence-electron chi connectivity index (χ4n) is 2.57. The molecule has 0 aliphatic heterocycles. The number of ketones is 1.